The van der Waals surface area contributed by atoms with Crippen LogP contribution in [0.5, 0.6) is 0 Å². The summed E-state index contributed by atoms with van der Waals surface area (Å²) in [6.07, 6.45) is 5.55. The monoisotopic (exact) mass is 336 g/mol. The lowest BCUT2D eigenvalue weighted by Crippen LogP contribution is -1.99. The van der Waals surface area contributed by atoms with Crippen LogP contribution in [0.1, 0.15) is 54.4 Å². The molecular formula is C18H40O5. The van der Waals surface area contributed by atoms with Crippen LogP contribution in [0.4, 0.5) is 0 Å². The first-order chi connectivity index (χ1) is 10.9. The summed E-state index contributed by atoms with van der Waals surface area (Å²) in [4.78, 5) is 10.1. The van der Waals surface area contributed by atoms with E-state index in [1.807, 2.05) is 27.7 Å². The van der Waals surface area contributed by atoms with Gasteiger partial charge >= 0.3 is 5.97 Å². The third-order valence-corrected chi connectivity index (χ3v) is 1.31. The minimum absolute atomic E-state index is 0.125. The van der Waals surface area contributed by atoms with Crippen LogP contribution in [0, 0.1) is 0 Å². The van der Waals surface area contributed by atoms with Crippen molar-refractivity contribution in [1.29, 1.82) is 0 Å². The SMILES string of the molecule is C=CC.C=CC.CCCCOC(C)=O.CCOCC.OCCO. The molecule has 0 aliphatic heterocycles. The predicted octanol–water partition coefficient (Wildman–Crippen LogP) is 3.75. The molecule has 0 unspecified atom stereocenters. The van der Waals surface area contributed by atoms with Gasteiger partial charge in [-0.3, -0.25) is 4.79 Å². The second-order valence-electron chi connectivity index (χ2n) is 3.74. The zero-order chi connectivity index (χ0) is 19.4. The van der Waals surface area contributed by atoms with Crippen LogP contribution in [-0.2, 0) is 14.3 Å². The minimum Gasteiger partial charge on any atom is -0.466 e. The van der Waals surface area contributed by atoms with Crippen molar-refractivity contribution in [3.63, 3.8) is 0 Å². The molecule has 0 rings (SSSR count). The summed E-state index contributed by atoms with van der Waals surface area (Å²) in [5, 5.41) is 15.2. The first-order valence-electron chi connectivity index (χ1n) is 8.00. The van der Waals surface area contributed by atoms with E-state index < -0.39 is 0 Å². The lowest BCUT2D eigenvalue weighted by atomic mass is 10.4. The maximum Gasteiger partial charge on any atom is 0.302 e. The maximum absolute atomic E-state index is 10.1. The highest BCUT2D eigenvalue weighted by Gasteiger charge is 1.88. The molecule has 0 atom stereocenters. The van der Waals surface area contributed by atoms with Crippen molar-refractivity contribution in [2.24, 2.45) is 0 Å². The van der Waals surface area contributed by atoms with E-state index >= 15 is 0 Å². The Hall–Kier alpha value is -1.17. The normalized spacial score (nSPS) is 7.30. The van der Waals surface area contributed by atoms with E-state index in [4.69, 9.17) is 14.9 Å². The lowest BCUT2D eigenvalue weighted by molar-refractivity contribution is -0.141. The van der Waals surface area contributed by atoms with E-state index in [1.54, 1.807) is 12.2 Å². The van der Waals surface area contributed by atoms with Crippen molar-refractivity contribution in [3.8, 4) is 0 Å². The van der Waals surface area contributed by atoms with E-state index in [0.29, 0.717) is 6.61 Å². The molecule has 0 aliphatic carbocycles. The third-order valence-electron chi connectivity index (χ3n) is 1.31. The summed E-state index contributed by atoms with van der Waals surface area (Å²) in [6.45, 7) is 20.0. The van der Waals surface area contributed by atoms with Gasteiger partial charge in [0.15, 0.2) is 0 Å². The molecule has 0 aromatic carbocycles. The summed E-state index contributed by atoms with van der Waals surface area (Å²) in [6, 6.07) is 0. The van der Waals surface area contributed by atoms with E-state index in [0.717, 1.165) is 26.1 Å². The number of ether oxygens (including phenoxy) is 2. The van der Waals surface area contributed by atoms with Gasteiger partial charge in [-0.05, 0) is 34.1 Å². The number of hydrogen-bond donors (Lipinski definition) is 2. The van der Waals surface area contributed by atoms with Crippen LogP contribution in [-0.4, -0.2) is 49.2 Å². The Balaban J connectivity index is -0.0000000628. The van der Waals surface area contributed by atoms with Crippen LogP contribution in [0.15, 0.2) is 25.3 Å². The Kier molecular flexibility index (Phi) is 72.3. The van der Waals surface area contributed by atoms with Crippen molar-refractivity contribution >= 4 is 5.97 Å². The van der Waals surface area contributed by atoms with Gasteiger partial charge < -0.3 is 19.7 Å². The molecule has 0 radical (unpaired) electrons. The topological polar surface area (TPSA) is 76.0 Å². The molecule has 0 amide bonds. The predicted molar refractivity (Wildman–Crippen MR) is 99.6 cm³/mol. The summed E-state index contributed by atoms with van der Waals surface area (Å²) in [7, 11) is 0. The maximum atomic E-state index is 10.1. The molecule has 0 heterocycles. The Bertz CT molecular complexity index is 184. The van der Waals surface area contributed by atoms with Gasteiger partial charge in [-0.1, -0.05) is 25.5 Å². The standard InChI is InChI=1S/C6H12O2.C4H10O.2C3H6.C2H6O2/c1-3-4-5-8-6(2)7;1-3-5-4-2;2*1-3-2;3-1-2-4/h3-5H2,1-2H3;3-4H2,1-2H3;2*3H,1H2,2H3;3-4H,1-2H2. The number of aliphatic hydroxyl groups excluding tert-OH is 2. The van der Waals surface area contributed by atoms with Crippen LogP contribution in [0.2, 0.25) is 0 Å². The fraction of sp³-hybridized carbons (Fsp3) is 0.722. The second-order valence-corrected chi connectivity index (χ2v) is 3.74. The zero-order valence-corrected chi connectivity index (χ0v) is 16.1. The highest BCUT2D eigenvalue weighted by molar-refractivity contribution is 5.65. The molecule has 23 heavy (non-hydrogen) atoms. The van der Waals surface area contributed by atoms with Crippen molar-refractivity contribution in [1.82, 2.24) is 0 Å². The summed E-state index contributed by atoms with van der Waals surface area (Å²) in [5.74, 6) is -0.182. The van der Waals surface area contributed by atoms with Crippen molar-refractivity contribution in [3.05, 3.63) is 25.3 Å². The van der Waals surface area contributed by atoms with E-state index in [9.17, 15) is 4.79 Å². The third kappa shape index (κ3) is 158. The van der Waals surface area contributed by atoms with E-state index in [2.05, 4.69) is 24.8 Å². The van der Waals surface area contributed by atoms with Gasteiger partial charge in [0.25, 0.3) is 0 Å². The first-order valence-corrected chi connectivity index (χ1v) is 8.00. The number of rotatable bonds is 6. The first kappa shape index (κ1) is 33.4. The van der Waals surface area contributed by atoms with Crippen molar-refractivity contribution in [2.75, 3.05) is 33.0 Å². The van der Waals surface area contributed by atoms with Gasteiger partial charge in [-0.25, -0.2) is 0 Å². The zero-order valence-electron chi connectivity index (χ0n) is 16.1. The van der Waals surface area contributed by atoms with Crippen LogP contribution < -0.4 is 0 Å². The number of carbonyl (C=O) groups excluding carboxylic acids is 1. The summed E-state index contributed by atoms with van der Waals surface area (Å²) >= 11 is 0. The minimum atomic E-state index is -0.182. The van der Waals surface area contributed by atoms with Gasteiger partial charge in [0.2, 0.25) is 0 Å². The molecule has 2 N–H and O–H groups in total. The highest BCUT2D eigenvalue weighted by Crippen LogP contribution is 1.86. The highest BCUT2D eigenvalue weighted by atomic mass is 16.5. The summed E-state index contributed by atoms with van der Waals surface area (Å²) in [5.41, 5.74) is 0. The number of hydrogen-bond acceptors (Lipinski definition) is 5. The molecule has 0 spiro atoms. The van der Waals surface area contributed by atoms with Gasteiger partial charge in [-0.2, -0.15) is 0 Å². The van der Waals surface area contributed by atoms with Crippen LogP contribution >= 0.6 is 0 Å². The second kappa shape index (κ2) is 49.8. The Morgan fingerprint density at radius 1 is 1.00 bits per heavy atom. The average molecular weight is 337 g/mol. The number of esters is 1. The average Bonchev–Trinajstić information content (AvgIpc) is 2.50. The Morgan fingerprint density at radius 3 is 1.48 bits per heavy atom. The molecule has 0 bridgehead atoms. The Labute approximate surface area is 144 Å². The molecule has 0 saturated heterocycles. The van der Waals surface area contributed by atoms with Crippen LogP contribution in [0.25, 0.3) is 0 Å². The largest absolute Gasteiger partial charge is 0.466 e. The smallest absolute Gasteiger partial charge is 0.302 e. The van der Waals surface area contributed by atoms with Gasteiger partial charge in [-0.15, -0.1) is 13.2 Å². The number of aliphatic hydroxyl groups is 2. The molecule has 0 aromatic heterocycles. The van der Waals surface area contributed by atoms with Gasteiger partial charge in [0.05, 0.1) is 19.8 Å². The molecule has 0 saturated carbocycles. The fourth-order valence-corrected chi connectivity index (χ4v) is 0.564. The van der Waals surface area contributed by atoms with Crippen molar-refractivity contribution < 1.29 is 24.5 Å². The molecule has 5 nitrogen and oxygen atoms in total. The number of carbonyl (C=O) groups is 1. The summed E-state index contributed by atoms with van der Waals surface area (Å²) < 4.78 is 9.48. The number of allylic oxidation sites excluding steroid dienone is 2. The quantitative estimate of drug-likeness (QED) is 0.439. The molecular weight excluding hydrogens is 296 g/mol. The van der Waals surface area contributed by atoms with Crippen molar-refractivity contribution in [2.45, 2.75) is 54.4 Å². The number of unbranched alkanes of at least 4 members (excludes halogenated alkanes) is 1. The lowest BCUT2D eigenvalue weighted by Gasteiger charge is -1.96. The van der Waals surface area contributed by atoms with Gasteiger partial charge in [0, 0.05) is 20.1 Å². The van der Waals surface area contributed by atoms with E-state index in [-0.39, 0.29) is 19.2 Å². The van der Waals surface area contributed by atoms with Crippen LogP contribution in [0.3, 0.4) is 0 Å². The molecule has 142 valence electrons. The molecule has 5 heteroatoms. The molecule has 0 fully saturated rings. The molecule has 0 aliphatic rings. The molecule has 0 aromatic rings. The Morgan fingerprint density at radius 2 is 1.35 bits per heavy atom. The fourth-order valence-electron chi connectivity index (χ4n) is 0.564. The van der Waals surface area contributed by atoms with E-state index in [1.165, 1.54) is 6.92 Å². The van der Waals surface area contributed by atoms with Gasteiger partial charge in [0.1, 0.15) is 0 Å².